The van der Waals surface area contributed by atoms with E-state index in [9.17, 15) is 9.59 Å². The maximum Gasteiger partial charge on any atom is 0.278 e. The van der Waals surface area contributed by atoms with Crippen molar-refractivity contribution in [1.82, 2.24) is 10.5 Å². The zero-order valence-corrected chi connectivity index (χ0v) is 22.7. The second-order valence-electron chi connectivity index (χ2n) is 9.33. The Morgan fingerprint density at radius 3 is 2.36 bits per heavy atom. The minimum atomic E-state index is -0.357. The van der Waals surface area contributed by atoms with Gasteiger partial charge in [-0.15, -0.1) is 0 Å². The number of nitrogens with zero attached hydrogens (tertiary/aromatic N) is 1. The van der Waals surface area contributed by atoms with Gasteiger partial charge in [0.15, 0.2) is 5.58 Å². The minimum absolute atomic E-state index is 0.0643. The van der Waals surface area contributed by atoms with Crippen LogP contribution in [0.5, 0.6) is 0 Å². The number of carbonyl (C=O) groups excluding carboxylic acids is 2. The number of para-hydroxylation sites is 2. The Morgan fingerprint density at radius 1 is 1.00 bits per heavy atom. The normalized spacial score (nSPS) is 11.4. The van der Waals surface area contributed by atoms with Crippen LogP contribution >= 0.6 is 11.8 Å². The summed E-state index contributed by atoms with van der Waals surface area (Å²) in [4.78, 5) is 34.4. The molecule has 3 aromatic rings. The van der Waals surface area contributed by atoms with Crippen molar-refractivity contribution in [3.8, 4) is 0 Å². The fourth-order valence-electron chi connectivity index (χ4n) is 3.98. The Kier molecular flexibility index (Phi) is 10.4. The Bertz CT molecular complexity index is 1150. The number of fused-ring (bicyclic) bond motifs is 1. The van der Waals surface area contributed by atoms with Crippen LogP contribution in [0.2, 0.25) is 0 Å². The number of carbonyl (C=O) groups is 2. The number of amides is 2. The lowest BCUT2D eigenvalue weighted by Gasteiger charge is -2.20. The van der Waals surface area contributed by atoms with Gasteiger partial charge in [0.2, 0.25) is 5.91 Å². The van der Waals surface area contributed by atoms with E-state index < -0.39 is 0 Å². The van der Waals surface area contributed by atoms with E-state index >= 15 is 0 Å². The lowest BCUT2D eigenvalue weighted by molar-refractivity contribution is -0.116. The van der Waals surface area contributed by atoms with Gasteiger partial charge in [0.1, 0.15) is 5.52 Å². The van der Waals surface area contributed by atoms with Gasteiger partial charge >= 0.3 is 0 Å². The van der Waals surface area contributed by atoms with Gasteiger partial charge in [0.25, 0.3) is 11.1 Å². The molecule has 3 rings (SSSR count). The summed E-state index contributed by atoms with van der Waals surface area (Å²) < 4.78 is 5.84. The maximum atomic E-state index is 12.7. The standard InChI is InChI=1S/C28H37N3O4S/c1-6-34-31-27(33)22-14-11-15-23-26(22)35-28(29-23)36-17-9-7-8-16-24(32)30-25-20(18(2)3)12-10-13-21(25)19(4)5/h10-15,18-19H,6-9,16-17H2,1-5H3,(H,30,32)(H,31,33). The summed E-state index contributed by atoms with van der Waals surface area (Å²) >= 11 is 1.51. The molecule has 0 atom stereocenters. The average Bonchev–Trinajstić information content (AvgIpc) is 3.27. The SMILES string of the molecule is CCONC(=O)c1cccc2nc(SCCCCCC(=O)Nc3c(C(C)C)cccc3C(C)C)oc12. The van der Waals surface area contributed by atoms with Gasteiger partial charge in [0.05, 0.1) is 12.2 Å². The molecule has 0 aliphatic heterocycles. The zero-order valence-electron chi connectivity index (χ0n) is 21.8. The van der Waals surface area contributed by atoms with E-state index in [0.717, 1.165) is 30.7 Å². The molecule has 36 heavy (non-hydrogen) atoms. The molecule has 2 N–H and O–H groups in total. The molecule has 0 aliphatic rings. The number of nitrogens with one attached hydrogen (secondary N) is 2. The molecule has 0 bridgehead atoms. The number of rotatable bonds is 13. The van der Waals surface area contributed by atoms with Crippen molar-refractivity contribution in [2.45, 2.75) is 77.4 Å². The van der Waals surface area contributed by atoms with Crippen LogP contribution in [0, 0.1) is 0 Å². The van der Waals surface area contributed by atoms with E-state index in [-0.39, 0.29) is 11.8 Å². The quantitative estimate of drug-likeness (QED) is 0.145. The van der Waals surface area contributed by atoms with E-state index in [0.29, 0.717) is 46.7 Å². The van der Waals surface area contributed by atoms with Crippen LogP contribution in [0.3, 0.4) is 0 Å². The van der Waals surface area contributed by atoms with E-state index in [1.165, 1.54) is 22.9 Å². The number of unbranched alkanes of at least 4 members (excludes halogenated alkanes) is 2. The largest absolute Gasteiger partial charge is 0.430 e. The van der Waals surface area contributed by atoms with Gasteiger partial charge < -0.3 is 9.73 Å². The van der Waals surface area contributed by atoms with Crippen molar-refractivity contribution >= 4 is 40.4 Å². The first-order valence-electron chi connectivity index (χ1n) is 12.7. The van der Waals surface area contributed by atoms with Crippen molar-refractivity contribution in [3.63, 3.8) is 0 Å². The number of hydrogen-bond donors (Lipinski definition) is 2. The van der Waals surface area contributed by atoms with Crippen LogP contribution in [0.1, 0.15) is 93.6 Å². The molecule has 0 radical (unpaired) electrons. The summed E-state index contributed by atoms with van der Waals surface area (Å²) in [6.45, 7) is 10.8. The van der Waals surface area contributed by atoms with Gasteiger partial charge in [-0.25, -0.2) is 10.5 Å². The highest BCUT2D eigenvalue weighted by molar-refractivity contribution is 7.99. The van der Waals surface area contributed by atoms with Gasteiger partial charge in [-0.3, -0.25) is 14.4 Å². The first-order chi connectivity index (χ1) is 17.3. The molecule has 0 spiro atoms. The van der Waals surface area contributed by atoms with Crippen molar-refractivity contribution in [1.29, 1.82) is 0 Å². The highest BCUT2D eigenvalue weighted by Crippen LogP contribution is 2.32. The molecule has 0 aliphatic carbocycles. The molecule has 0 saturated carbocycles. The molecular formula is C28H37N3O4S. The van der Waals surface area contributed by atoms with Gasteiger partial charge in [-0.1, -0.05) is 70.1 Å². The summed E-state index contributed by atoms with van der Waals surface area (Å²) in [6, 6.07) is 11.6. The van der Waals surface area contributed by atoms with Crippen molar-refractivity contribution in [3.05, 3.63) is 53.1 Å². The summed E-state index contributed by atoms with van der Waals surface area (Å²) in [7, 11) is 0. The van der Waals surface area contributed by atoms with Gasteiger partial charge in [-0.2, -0.15) is 0 Å². The fourth-order valence-corrected chi connectivity index (χ4v) is 4.81. The molecule has 1 aromatic heterocycles. The first-order valence-corrected chi connectivity index (χ1v) is 13.7. The molecule has 0 unspecified atom stereocenters. The van der Waals surface area contributed by atoms with Crippen molar-refractivity contribution < 1.29 is 18.8 Å². The average molecular weight is 512 g/mol. The molecule has 1 heterocycles. The summed E-state index contributed by atoms with van der Waals surface area (Å²) in [5, 5.41) is 3.72. The number of benzene rings is 2. The second kappa shape index (κ2) is 13.5. The maximum absolute atomic E-state index is 12.7. The Labute approximate surface area is 217 Å². The Balaban J connectivity index is 1.46. The van der Waals surface area contributed by atoms with Crippen LogP contribution in [0.15, 0.2) is 46.0 Å². The van der Waals surface area contributed by atoms with Crippen LogP contribution in [-0.2, 0) is 9.63 Å². The van der Waals surface area contributed by atoms with Crippen LogP contribution in [0.25, 0.3) is 11.1 Å². The lowest BCUT2D eigenvalue weighted by Crippen LogP contribution is -2.23. The van der Waals surface area contributed by atoms with E-state index in [1.54, 1.807) is 19.1 Å². The van der Waals surface area contributed by atoms with Crippen molar-refractivity contribution in [2.24, 2.45) is 0 Å². The number of hydrogen-bond acceptors (Lipinski definition) is 6. The van der Waals surface area contributed by atoms with E-state index in [1.807, 2.05) is 6.07 Å². The molecule has 194 valence electrons. The van der Waals surface area contributed by atoms with Crippen LogP contribution < -0.4 is 10.8 Å². The van der Waals surface area contributed by atoms with Crippen molar-refractivity contribution in [2.75, 3.05) is 17.7 Å². The first kappa shape index (κ1) is 27.7. The smallest absolute Gasteiger partial charge is 0.278 e. The molecule has 0 saturated heterocycles. The monoisotopic (exact) mass is 511 g/mol. The highest BCUT2D eigenvalue weighted by atomic mass is 32.2. The third-order valence-electron chi connectivity index (χ3n) is 5.86. The second-order valence-corrected chi connectivity index (χ2v) is 10.4. The Hall–Kier alpha value is -2.84. The molecule has 7 nitrogen and oxygen atoms in total. The highest BCUT2D eigenvalue weighted by Gasteiger charge is 2.17. The molecule has 0 fully saturated rings. The third kappa shape index (κ3) is 7.34. The molecule has 2 amide bonds. The third-order valence-corrected chi connectivity index (χ3v) is 6.77. The summed E-state index contributed by atoms with van der Waals surface area (Å²) in [5.41, 5.74) is 7.23. The van der Waals surface area contributed by atoms with E-state index in [2.05, 4.69) is 61.7 Å². The predicted octanol–water partition coefficient (Wildman–Crippen LogP) is 7.05. The Morgan fingerprint density at radius 2 is 1.69 bits per heavy atom. The van der Waals surface area contributed by atoms with E-state index in [4.69, 9.17) is 9.25 Å². The molecule has 8 heteroatoms. The number of aromatic nitrogens is 1. The van der Waals surface area contributed by atoms with Gasteiger partial charge in [0, 0.05) is 17.9 Å². The topological polar surface area (TPSA) is 93.5 Å². The lowest BCUT2D eigenvalue weighted by atomic mass is 9.92. The predicted molar refractivity (Wildman–Crippen MR) is 146 cm³/mol. The van der Waals surface area contributed by atoms with Crippen LogP contribution in [-0.4, -0.2) is 29.2 Å². The number of hydroxylamine groups is 1. The summed E-state index contributed by atoms with van der Waals surface area (Å²) in [5.74, 6) is 1.22. The zero-order chi connectivity index (χ0) is 26.1. The molecular weight excluding hydrogens is 474 g/mol. The fraction of sp³-hybridized carbons (Fsp3) is 0.464. The molecule has 2 aromatic carbocycles. The van der Waals surface area contributed by atoms with Crippen LogP contribution in [0.4, 0.5) is 5.69 Å². The number of thioether (sulfide) groups is 1. The van der Waals surface area contributed by atoms with Gasteiger partial charge in [-0.05, 0) is 54.9 Å². The number of oxazole rings is 1. The summed E-state index contributed by atoms with van der Waals surface area (Å²) in [6.07, 6.45) is 3.19. The minimum Gasteiger partial charge on any atom is -0.430 e. The number of anilines is 1.